The predicted octanol–water partition coefficient (Wildman–Crippen LogP) is 1.74. The molecule has 15 heavy (non-hydrogen) atoms. The third-order valence-electron chi connectivity index (χ3n) is 2.61. The first kappa shape index (κ1) is 10.5. The normalized spacial score (nSPS) is 20.6. The van der Waals surface area contributed by atoms with Crippen LogP contribution in [0.4, 0.5) is 4.39 Å². The Hall–Kier alpha value is -0.970. The maximum absolute atomic E-state index is 13.2. The quantitative estimate of drug-likeness (QED) is 0.767. The average Bonchev–Trinajstić information content (AvgIpc) is 2.48. The number of hydrogen-bond acceptors (Lipinski definition) is 4. The zero-order chi connectivity index (χ0) is 11.1. The Balaban J connectivity index is 1.97. The molecule has 2 heterocycles. The molecule has 0 amide bonds. The second-order valence-corrected chi connectivity index (χ2v) is 4.81. The Morgan fingerprint density at radius 1 is 1.47 bits per heavy atom. The Labute approximate surface area is 88.4 Å². The molecule has 0 spiro atoms. The molecule has 1 aliphatic rings. The highest BCUT2D eigenvalue weighted by Crippen LogP contribution is 2.27. The number of nitrogens with zero attached hydrogens (tertiary/aromatic N) is 3. The van der Waals surface area contributed by atoms with Crippen molar-refractivity contribution in [1.82, 2.24) is 15.2 Å². The summed E-state index contributed by atoms with van der Waals surface area (Å²) < 4.78 is 17.9. The Kier molecular flexibility index (Phi) is 2.50. The molecule has 1 fully saturated rings. The van der Waals surface area contributed by atoms with Gasteiger partial charge in [-0.15, -0.1) is 0 Å². The van der Waals surface area contributed by atoms with Crippen molar-refractivity contribution in [2.24, 2.45) is 0 Å². The van der Waals surface area contributed by atoms with E-state index in [1.54, 1.807) is 6.92 Å². The molecule has 0 unspecified atom stereocenters. The summed E-state index contributed by atoms with van der Waals surface area (Å²) in [5.41, 5.74) is 0.678. The topological polar surface area (TPSA) is 42.2 Å². The third kappa shape index (κ3) is 2.17. The summed E-state index contributed by atoms with van der Waals surface area (Å²) in [5, 5.41) is 7.71. The van der Waals surface area contributed by atoms with Gasteiger partial charge in [-0.1, -0.05) is 24.2 Å². The van der Waals surface area contributed by atoms with E-state index in [9.17, 15) is 4.39 Å². The van der Waals surface area contributed by atoms with Crippen LogP contribution in [0.5, 0.6) is 0 Å². The van der Waals surface area contributed by atoms with E-state index in [4.69, 9.17) is 4.63 Å². The third-order valence-corrected chi connectivity index (χ3v) is 2.61. The van der Waals surface area contributed by atoms with Crippen LogP contribution in [0, 0.1) is 0 Å². The first-order valence-electron chi connectivity index (χ1n) is 5.20. The summed E-state index contributed by atoms with van der Waals surface area (Å²) in [6.45, 7) is 7.27. The lowest BCUT2D eigenvalue weighted by molar-refractivity contribution is -0.0238. The molecule has 0 aromatic carbocycles. The van der Waals surface area contributed by atoms with Crippen LogP contribution in [0.25, 0.3) is 0 Å². The Morgan fingerprint density at radius 2 is 2.13 bits per heavy atom. The molecule has 4 nitrogen and oxygen atoms in total. The van der Waals surface area contributed by atoms with Crippen molar-refractivity contribution in [2.45, 2.75) is 38.9 Å². The van der Waals surface area contributed by atoms with Gasteiger partial charge in [-0.05, 0) is 6.92 Å². The number of alkyl halides is 1. The lowest BCUT2D eigenvalue weighted by atomic mass is 9.98. The van der Waals surface area contributed by atoms with Crippen molar-refractivity contribution in [3.05, 3.63) is 11.4 Å². The van der Waals surface area contributed by atoms with Crippen LogP contribution in [-0.4, -0.2) is 34.0 Å². The summed E-state index contributed by atoms with van der Waals surface area (Å²) in [6, 6.07) is 0. The van der Waals surface area contributed by atoms with Gasteiger partial charge in [-0.25, -0.2) is 9.02 Å². The van der Waals surface area contributed by atoms with E-state index in [-0.39, 0.29) is 0 Å². The van der Waals surface area contributed by atoms with Gasteiger partial charge in [-0.3, -0.25) is 4.90 Å². The molecule has 1 saturated heterocycles. The van der Waals surface area contributed by atoms with Crippen LogP contribution >= 0.6 is 0 Å². The SMILES string of the molecule is CC(C)c1nonc1CN1CC(C)(F)C1. The van der Waals surface area contributed by atoms with Gasteiger partial charge in [0, 0.05) is 25.6 Å². The number of halogens is 1. The first-order valence-corrected chi connectivity index (χ1v) is 5.20. The van der Waals surface area contributed by atoms with Crippen LogP contribution < -0.4 is 0 Å². The van der Waals surface area contributed by atoms with E-state index in [1.807, 2.05) is 18.7 Å². The average molecular weight is 213 g/mol. The van der Waals surface area contributed by atoms with Crippen LogP contribution in [0.2, 0.25) is 0 Å². The van der Waals surface area contributed by atoms with Crippen molar-refractivity contribution < 1.29 is 9.02 Å². The fourth-order valence-electron chi connectivity index (χ4n) is 1.97. The second kappa shape index (κ2) is 3.56. The highest BCUT2D eigenvalue weighted by molar-refractivity contribution is 5.12. The van der Waals surface area contributed by atoms with Crippen LogP contribution in [0.3, 0.4) is 0 Å². The van der Waals surface area contributed by atoms with Crippen LogP contribution in [0.1, 0.15) is 38.1 Å². The molecule has 0 saturated carbocycles. The number of aromatic nitrogens is 2. The standard InChI is InChI=1S/C10H16FN3O/c1-7(2)9-8(12-15-13-9)4-14-5-10(3,11)6-14/h7H,4-6H2,1-3H3. The molecule has 84 valence electrons. The van der Waals surface area contributed by atoms with Crippen molar-refractivity contribution >= 4 is 0 Å². The van der Waals surface area contributed by atoms with Crippen LogP contribution in [-0.2, 0) is 6.54 Å². The molecule has 0 bridgehead atoms. The highest BCUT2D eigenvalue weighted by atomic mass is 19.1. The predicted molar refractivity (Wildman–Crippen MR) is 53.2 cm³/mol. The molecule has 0 radical (unpaired) electrons. The van der Waals surface area contributed by atoms with E-state index in [1.165, 1.54) is 0 Å². The molecule has 0 aliphatic carbocycles. The lowest BCUT2D eigenvalue weighted by Gasteiger charge is -2.41. The van der Waals surface area contributed by atoms with Crippen molar-refractivity contribution in [3.8, 4) is 0 Å². The molecule has 2 rings (SSSR count). The fraction of sp³-hybridized carbons (Fsp3) is 0.800. The van der Waals surface area contributed by atoms with Crippen molar-refractivity contribution in [3.63, 3.8) is 0 Å². The zero-order valence-corrected chi connectivity index (χ0v) is 9.33. The van der Waals surface area contributed by atoms with Gasteiger partial charge in [0.25, 0.3) is 0 Å². The molecule has 5 heteroatoms. The van der Waals surface area contributed by atoms with Gasteiger partial charge in [0.1, 0.15) is 17.1 Å². The molecule has 0 atom stereocenters. The van der Waals surface area contributed by atoms with E-state index in [0.717, 1.165) is 11.4 Å². The molecular weight excluding hydrogens is 197 g/mol. The maximum atomic E-state index is 13.2. The summed E-state index contributed by atoms with van der Waals surface area (Å²) in [7, 11) is 0. The fourth-order valence-corrected chi connectivity index (χ4v) is 1.97. The van der Waals surface area contributed by atoms with Gasteiger partial charge in [0.15, 0.2) is 0 Å². The Morgan fingerprint density at radius 3 is 2.67 bits per heavy atom. The van der Waals surface area contributed by atoms with E-state index in [0.29, 0.717) is 25.6 Å². The largest absolute Gasteiger partial charge is 0.291 e. The van der Waals surface area contributed by atoms with Crippen molar-refractivity contribution in [1.29, 1.82) is 0 Å². The second-order valence-electron chi connectivity index (χ2n) is 4.81. The van der Waals surface area contributed by atoms with E-state index < -0.39 is 5.67 Å². The molecule has 1 aromatic heterocycles. The van der Waals surface area contributed by atoms with E-state index >= 15 is 0 Å². The number of rotatable bonds is 3. The summed E-state index contributed by atoms with van der Waals surface area (Å²) in [4.78, 5) is 2.01. The van der Waals surface area contributed by atoms with Gasteiger partial charge in [0.2, 0.25) is 0 Å². The minimum Gasteiger partial charge on any atom is -0.291 e. The monoisotopic (exact) mass is 213 g/mol. The highest BCUT2D eigenvalue weighted by Gasteiger charge is 2.39. The minimum atomic E-state index is -1.03. The molecule has 0 N–H and O–H groups in total. The Bertz CT molecular complexity index is 340. The van der Waals surface area contributed by atoms with Crippen LogP contribution in [0.15, 0.2) is 4.63 Å². The minimum absolute atomic E-state index is 0.296. The maximum Gasteiger partial charge on any atom is 0.133 e. The number of likely N-dealkylation sites (tertiary alicyclic amines) is 1. The first-order chi connectivity index (χ1) is 6.98. The van der Waals surface area contributed by atoms with Gasteiger partial charge in [0.05, 0.1) is 0 Å². The summed E-state index contributed by atoms with van der Waals surface area (Å²) >= 11 is 0. The lowest BCUT2D eigenvalue weighted by Crippen LogP contribution is -2.56. The summed E-state index contributed by atoms with van der Waals surface area (Å²) in [6.07, 6.45) is 0. The zero-order valence-electron chi connectivity index (χ0n) is 9.33. The van der Waals surface area contributed by atoms with Crippen molar-refractivity contribution in [2.75, 3.05) is 13.1 Å². The van der Waals surface area contributed by atoms with E-state index in [2.05, 4.69) is 10.3 Å². The number of hydrogen-bond donors (Lipinski definition) is 0. The van der Waals surface area contributed by atoms with Gasteiger partial charge >= 0.3 is 0 Å². The summed E-state index contributed by atoms with van der Waals surface area (Å²) in [5.74, 6) is 0.296. The molecular formula is C10H16FN3O. The smallest absolute Gasteiger partial charge is 0.133 e. The molecule has 1 aliphatic heterocycles. The molecule has 1 aromatic rings. The van der Waals surface area contributed by atoms with Gasteiger partial charge in [-0.2, -0.15) is 0 Å². The van der Waals surface area contributed by atoms with Gasteiger partial charge < -0.3 is 0 Å².